The lowest BCUT2D eigenvalue weighted by Crippen LogP contribution is -1.91. The summed E-state index contributed by atoms with van der Waals surface area (Å²) in [6, 6.07) is 13.6. The average Bonchev–Trinajstić information content (AvgIpc) is 2.38. The average molecular weight is 226 g/mol. The summed E-state index contributed by atoms with van der Waals surface area (Å²) in [7, 11) is 1.60. The van der Waals surface area contributed by atoms with Gasteiger partial charge in [-0.05, 0) is 25.1 Å². The van der Waals surface area contributed by atoms with Crippen molar-refractivity contribution < 1.29 is 4.74 Å². The van der Waals surface area contributed by atoms with Gasteiger partial charge in [-0.15, -0.1) is 0 Å². The van der Waals surface area contributed by atoms with Crippen molar-refractivity contribution in [1.82, 2.24) is 4.98 Å². The fraction of sp³-hybridized carbons (Fsp3) is 0.143. The summed E-state index contributed by atoms with van der Waals surface area (Å²) in [5, 5.41) is 0. The number of methoxy groups -OCH3 is 1. The molecule has 3 nitrogen and oxygen atoms in total. The van der Waals surface area contributed by atoms with E-state index in [4.69, 9.17) is 4.74 Å². The molecular weight excluding hydrogens is 212 g/mol. The van der Waals surface area contributed by atoms with Gasteiger partial charge in [-0.1, -0.05) is 23.8 Å². The van der Waals surface area contributed by atoms with Gasteiger partial charge in [-0.3, -0.25) is 4.99 Å². The van der Waals surface area contributed by atoms with Crippen molar-refractivity contribution in [2.45, 2.75) is 6.92 Å². The van der Waals surface area contributed by atoms with Gasteiger partial charge in [0.2, 0.25) is 5.88 Å². The highest BCUT2D eigenvalue weighted by atomic mass is 16.5. The van der Waals surface area contributed by atoms with Crippen molar-refractivity contribution in [2.75, 3.05) is 7.11 Å². The normalized spacial score (nSPS) is 10.7. The van der Waals surface area contributed by atoms with Crippen LogP contribution in [0.25, 0.3) is 0 Å². The molecule has 0 aliphatic rings. The van der Waals surface area contributed by atoms with Gasteiger partial charge in [-0.2, -0.15) is 0 Å². The molecule has 0 saturated carbocycles. The Morgan fingerprint density at radius 1 is 1.12 bits per heavy atom. The van der Waals surface area contributed by atoms with Crippen LogP contribution in [0.1, 0.15) is 11.3 Å². The Bertz CT molecular complexity index is 518. The molecule has 0 aliphatic heterocycles. The molecule has 1 aromatic carbocycles. The molecule has 1 aromatic heterocycles. The minimum absolute atomic E-state index is 0.595. The topological polar surface area (TPSA) is 34.5 Å². The third-order valence-electron chi connectivity index (χ3n) is 2.33. The molecule has 0 radical (unpaired) electrons. The molecule has 2 aromatic rings. The molecule has 0 aliphatic carbocycles. The Hall–Kier alpha value is -2.16. The van der Waals surface area contributed by atoms with E-state index in [0.717, 1.165) is 11.4 Å². The molecule has 0 atom stereocenters. The van der Waals surface area contributed by atoms with Gasteiger partial charge < -0.3 is 4.74 Å². The van der Waals surface area contributed by atoms with Crippen LogP contribution < -0.4 is 4.74 Å². The highest BCUT2D eigenvalue weighted by molar-refractivity contribution is 5.79. The number of pyridine rings is 1. The van der Waals surface area contributed by atoms with Gasteiger partial charge >= 0.3 is 0 Å². The first-order valence-electron chi connectivity index (χ1n) is 5.40. The summed E-state index contributed by atoms with van der Waals surface area (Å²) < 4.78 is 5.05. The number of hydrogen-bond acceptors (Lipinski definition) is 3. The van der Waals surface area contributed by atoms with E-state index in [1.165, 1.54) is 5.56 Å². The van der Waals surface area contributed by atoms with Crippen molar-refractivity contribution in [3.8, 4) is 5.88 Å². The van der Waals surface area contributed by atoms with Crippen LogP contribution in [0.15, 0.2) is 47.5 Å². The number of benzene rings is 1. The lowest BCUT2D eigenvalue weighted by Gasteiger charge is -1.98. The van der Waals surface area contributed by atoms with E-state index in [2.05, 4.69) is 16.9 Å². The van der Waals surface area contributed by atoms with Gasteiger partial charge in [0.15, 0.2) is 0 Å². The third-order valence-corrected chi connectivity index (χ3v) is 2.33. The van der Waals surface area contributed by atoms with Crippen LogP contribution in [-0.2, 0) is 0 Å². The molecule has 3 heteroatoms. The third kappa shape index (κ3) is 3.14. The number of rotatable bonds is 3. The molecule has 1 heterocycles. The Balaban J connectivity index is 2.16. The predicted molar refractivity (Wildman–Crippen MR) is 69.2 cm³/mol. The Morgan fingerprint density at radius 3 is 2.59 bits per heavy atom. The highest BCUT2D eigenvalue weighted by Crippen LogP contribution is 2.12. The molecule has 17 heavy (non-hydrogen) atoms. The molecule has 86 valence electrons. The van der Waals surface area contributed by atoms with E-state index in [0.29, 0.717) is 5.88 Å². The van der Waals surface area contributed by atoms with E-state index in [9.17, 15) is 0 Å². The Labute approximate surface area is 101 Å². The van der Waals surface area contributed by atoms with Crippen molar-refractivity contribution in [3.63, 3.8) is 0 Å². The van der Waals surface area contributed by atoms with Crippen LogP contribution in [0.4, 0.5) is 5.69 Å². The first-order chi connectivity index (χ1) is 8.28. The van der Waals surface area contributed by atoms with Crippen molar-refractivity contribution in [1.29, 1.82) is 0 Å². The highest BCUT2D eigenvalue weighted by Gasteiger charge is 1.94. The van der Waals surface area contributed by atoms with Gasteiger partial charge in [0.25, 0.3) is 0 Å². The fourth-order valence-corrected chi connectivity index (χ4v) is 1.39. The van der Waals surface area contributed by atoms with Gasteiger partial charge in [0.1, 0.15) is 0 Å². The number of aryl methyl sites for hydroxylation is 1. The Morgan fingerprint density at radius 2 is 1.88 bits per heavy atom. The van der Waals surface area contributed by atoms with Crippen LogP contribution in [-0.4, -0.2) is 18.3 Å². The summed E-state index contributed by atoms with van der Waals surface area (Å²) in [6.45, 7) is 2.05. The van der Waals surface area contributed by atoms with Crippen LogP contribution in [0.2, 0.25) is 0 Å². The second-order valence-electron chi connectivity index (χ2n) is 3.70. The summed E-state index contributed by atoms with van der Waals surface area (Å²) >= 11 is 0. The second-order valence-corrected chi connectivity index (χ2v) is 3.70. The lowest BCUT2D eigenvalue weighted by molar-refractivity contribution is 0.397. The maximum Gasteiger partial charge on any atom is 0.213 e. The van der Waals surface area contributed by atoms with E-state index in [1.807, 2.05) is 42.5 Å². The first kappa shape index (κ1) is 11.3. The zero-order valence-electron chi connectivity index (χ0n) is 9.92. The van der Waals surface area contributed by atoms with E-state index >= 15 is 0 Å². The van der Waals surface area contributed by atoms with Gasteiger partial charge in [-0.25, -0.2) is 4.98 Å². The molecule has 0 saturated heterocycles. The van der Waals surface area contributed by atoms with Gasteiger partial charge in [0, 0.05) is 6.07 Å². The maximum absolute atomic E-state index is 5.05. The van der Waals surface area contributed by atoms with E-state index in [-0.39, 0.29) is 0 Å². The second kappa shape index (κ2) is 5.25. The summed E-state index contributed by atoms with van der Waals surface area (Å²) in [4.78, 5) is 8.60. The lowest BCUT2D eigenvalue weighted by atomic mass is 10.2. The first-order valence-corrected chi connectivity index (χ1v) is 5.40. The van der Waals surface area contributed by atoms with Crippen molar-refractivity contribution in [2.24, 2.45) is 4.99 Å². The zero-order chi connectivity index (χ0) is 12.1. The minimum Gasteiger partial charge on any atom is -0.481 e. The minimum atomic E-state index is 0.595. The molecule has 0 N–H and O–H groups in total. The largest absolute Gasteiger partial charge is 0.481 e. The molecular formula is C14H14N2O. The predicted octanol–water partition coefficient (Wildman–Crippen LogP) is 3.15. The standard InChI is InChI=1S/C14H14N2O/c1-11-6-8-12(9-7-11)15-10-13-4-3-5-14(16-13)17-2/h3-10H,1-2H3. The monoisotopic (exact) mass is 226 g/mol. The zero-order valence-corrected chi connectivity index (χ0v) is 9.92. The molecule has 0 bridgehead atoms. The molecule has 0 fully saturated rings. The summed E-state index contributed by atoms with van der Waals surface area (Å²) in [5.41, 5.74) is 2.92. The number of aliphatic imine (C=N–C) groups is 1. The summed E-state index contributed by atoms with van der Waals surface area (Å²) in [6.07, 6.45) is 1.73. The smallest absolute Gasteiger partial charge is 0.213 e. The van der Waals surface area contributed by atoms with Gasteiger partial charge in [0.05, 0.1) is 24.7 Å². The quantitative estimate of drug-likeness (QED) is 0.753. The van der Waals surface area contributed by atoms with Crippen LogP contribution in [0, 0.1) is 6.92 Å². The summed E-state index contributed by atoms with van der Waals surface area (Å²) in [5.74, 6) is 0.595. The fourth-order valence-electron chi connectivity index (χ4n) is 1.39. The van der Waals surface area contributed by atoms with Crippen LogP contribution in [0.3, 0.4) is 0 Å². The number of ether oxygens (including phenoxy) is 1. The van der Waals surface area contributed by atoms with E-state index in [1.54, 1.807) is 13.3 Å². The number of nitrogens with zero attached hydrogens (tertiary/aromatic N) is 2. The SMILES string of the molecule is COc1cccc(C=Nc2ccc(C)cc2)n1. The van der Waals surface area contributed by atoms with Crippen LogP contribution in [0.5, 0.6) is 5.88 Å². The van der Waals surface area contributed by atoms with Crippen molar-refractivity contribution in [3.05, 3.63) is 53.7 Å². The van der Waals surface area contributed by atoms with Crippen LogP contribution >= 0.6 is 0 Å². The van der Waals surface area contributed by atoms with Crippen molar-refractivity contribution >= 4 is 11.9 Å². The maximum atomic E-state index is 5.05. The Kier molecular flexibility index (Phi) is 3.50. The number of aromatic nitrogens is 1. The molecule has 0 unspecified atom stereocenters. The molecule has 0 spiro atoms. The number of hydrogen-bond donors (Lipinski definition) is 0. The van der Waals surface area contributed by atoms with E-state index < -0.39 is 0 Å². The molecule has 0 amide bonds. The molecule has 2 rings (SSSR count).